The first kappa shape index (κ1) is 43.4. The molecule has 17 heteroatoms. The Bertz CT molecular complexity index is 2300. The van der Waals surface area contributed by atoms with Gasteiger partial charge in [0.15, 0.2) is 0 Å². The number of imidazole rings is 1. The molecule has 3 aliphatic rings. The number of nitrogens with zero attached hydrogens (tertiary/aromatic N) is 5. The van der Waals surface area contributed by atoms with Crippen LogP contribution in [0.2, 0.25) is 5.02 Å². The molecule has 4 amide bonds. The van der Waals surface area contributed by atoms with Gasteiger partial charge in [0.1, 0.15) is 17.7 Å². The second kappa shape index (κ2) is 17.0. The molecule has 2 aromatic heterocycles. The molecule has 0 bridgehead atoms. The Morgan fingerprint density at radius 2 is 1.69 bits per heavy atom. The molecule has 2 saturated heterocycles. The summed E-state index contributed by atoms with van der Waals surface area (Å²) >= 11 is 6.54. The molecule has 4 heterocycles. The molecular weight excluding hydrogens is 813 g/mol. The lowest BCUT2D eigenvalue weighted by Crippen LogP contribution is -2.54. The zero-order chi connectivity index (χ0) is 44.0. The summed E-state index contributed by atoms with van der Waals surface area (Å²) in [7, 11) is 1.24. The molecule has 1 saturated carbocycles. The van der Waals surface area contributed by atoms with Gasteiger partial charge in [-0.15, -0.1) is 0 Å². The number of aromatic nitrogens is 3. The van der Waals surface area contributed by atoms with Crippen LogP contribution in [0.5, 0.6) is 0 Å². The fraction of sp³-hybridized carbons (Fsp3) is 0.455. The van der Waals surface area contributed by atoms with E-state index in [1.54, 1.807) is 47.5 Å². The van der Waals surface area contributed by atoms with Crippen molar-refractivity contribution in [3.63, 3.8) is 0 Å². The van der Waals surface area contributed by atoms with E-state index in [1.165, 1.54) is 19.4 Å². The van der Waals surface area contributed by atoms with Crippen LogP contribution in [-0.4, -0.2) is 93.9 Å². The van der Waals surface area contributed by atoms with Gasteiger partial charge >= 0.3 is 12.3 Å². The minimum atomic E-state index is -4.79. The molecule has 13 nitrogen and oxygen atoms in total. The zero-order valence-corrected chi connectivity index (χ0v) is 35.7. The van der Waals surface area contributed by atoms with Crippen molar-refractivity contribution in [3.05, 3.63) is 82.9 Å². The van der Waals surface area contributed by atoms with Crippen LogP contribution in [0.3, 0.4) is 0 Å². The highest BCUT2D eigenvalue weighted by Gasteiger charge is 2.52. The highest BCUT2D eigenvalue weighted by molar-refractivity contribution is 6.34. The van der Waals surface area contributed by atoms with Gasteiger partial charge in [0.05, 0.1) is 46.9 Å². The van der Waals surface area contributed by atoms with Crippen molar-refractivity contribution >= 4 is 46.9 Å². The van der Waals surface area contributed by atoms with Crippen molar-refractivity contribution in [2.24, 2.45) is 17.3 Å². The van der Waals surface area contributed by atoms with E-state index in [0.717, 1.165) is 18.9 Å². The molecule has 2 unspecified atom stereocenters. The number of nitrogens with one attached hydrogen (secondary N) is 3. The number of carbonyl (C=O) groups is 4. The minimum Gasteiger partial charge on any atom is -0.453 e. The maximum Gasteiger partial charge on any atom is 0.417 e. The van der Waals surface area contributed by atoms with Crippen LogP contribution in [-0.2, 0) is 20.5 Å². The number of rotatable bonds is 10. The average molecular weight is 863 g/mol. The van der Waals surface area contributed by atoms with E-state index in [2.05, 4.69) is 44.3 Å². The molecular formula is C44H50ClF3N8O5. The molecule has 4 aromatic rings. The van der Waals surface area contributed by atoms with Crippen LogP contribution in [0.15, 0.2) is 60.9 Å². The molecule has 1 aliphatic carbocycles. The second-order valence-corrected chi connectivity index (χ2v) is 17.5. The third-order valence-electron chi connectivity index (χ3n) is 12.1. The number of hydrogen-bond donors (Lipinski definition) is 3. The van der Waals surface area contributed by atoms with Gasteiger partial charge in [0.25, 0.3) is 5.91 Å². The highest BCUT2D eigenvalue weighted by Crippen LogP contribution is 2.52. The Kier molecular flexibility index (Phi) is 12.1. The van der Waals surface area contributed by atoms with Crippen LogP contribution in [0.4, 0.5) is 29.5 Å². The van der Waals surface area contributed by atoms with Gasteiger partial charge in [0, 0.05) is 44.3 Å². The summed E-state index contributed by atoms with van der Waals surface area (Å²) in [6.45, 7) is 12.1. The number of amides is 4. The summed E-state index contributed by atoms with van der Waals surface area (Å²) in [6, 6.07) is 10.5. The quantitative estimate of drug-likeness (QED) is 0.144. The lowest BCUT2D eigenvalue weighted by molar-refractivity contribution is -0.137. The lowest BCUT2D eigenvalue weighted by atomic mass is 9.97. The van der Waals surface area contributed by atoms with Gasteiger partial charge in [-0.1, -0.05) is 63.6 Å². The van der Waals surface area contributed by atoms with Crippen molar-refractivity contribution in [1.82, 2.24) is 30.1 Å². The Morgan fingerprint density at radius 3 is 2.30 bits per heavy atom. The number of methoxy groups -OCH3 is 1. The van der Waals surface area contributed by atoms with Crippen molar-refractivity contribution < 1.29 is 37.1 Å². The van der Waals surface area contributed by atoms with Crippen molar-refractivity contribution in [1.29, 1.82) is 0 Å². The predicted octanol–water partition coefficient (Wildman–Crippen LogP) is 8.19. The van der Waals surface area contributed by atoms with Crippen LogP contribution < -0.4 is 15.5 Å². The molecule has 0 spiro atoms. The van der Waals surface area contributed by atoms with Crippen molar-refractivity contribution in [2.75, 3.05) is 43.5 Å². The fourth-order valence-electron chi connectivity index (χ4n) is 8.31. The molecule has 2 aliphatic heterocycles. The number of alkyl carbamates (subject to hydrolysis) is 1. The Morgan fingerprint density at radius 1 is 0.984 bits per heavy atom. The number of ether oxygens (including phenoxy) is 1. The number of aromatic amines is 1. The summed E-state index contributed by atoms with van der Waals surface area (Å²) in [6.07, 6.45) is -0.210. The van der Waals surface area contributed by atoms with Gasteiger partial charge in [-0.2, -0.15) is 13.2 Å². The standard InChI is InChI=1S/C44H50ClF3N8O5/c1-24(2)37(53-42(60)61-6)41(59)56-15-7-8-35(56)38-50-22-34(51-38)27-11-9-26(10-12-27)29-18-32(45)33(19-30(29)44(46,47)48)52-39(57)28-13-14-36(49-21-28)55-17-16-54(23-25(55)3)40(58)31-20-43(31,4)5/h9-14,18-19,21-22,24-25,31,35,37H,7-8,15-17,20,23H2,1-6H3,(H,50,51)(H,52,57)(H,53,60)/t25?,31-,35?,37+/m1/s1. The van der Waals surface area contributed by atoms with E-state index in [0.29, 0.717) is 55.5 Å². The summed E-state index contributed by atoms with van der Waals surface area (Å²) < 4.78 is 48.5. The summed E-state index contributed by atoms with van der Waals surface area (Å²) in [5, 5.41) is 5.07. The Hall–Kier alpha value is -5.64. The number of pyridine rings is 1. The van der Waals surface area contributed by atoms with E-state index in [4.69, 9.17) is 16.3 Å². The number of piperazine rings is 1. The molecule has 4 atom stereocenters. The van der Waals surface area contributed by atoms with E-state index < -0.39 is 29.8 Å². The molecule has 324 valence electrons. The third-order valence-corrected chi connectivity index (χ3v) is 12.4. The average Bonchev–Trinajstić information content (AvgIpc) is 3.56. The number of alkyl halides is 3. The Balaban J connectivity index is 1.02. The third kappa shape index (κ3) is 9.19. The number of anilines is 2. The number of benzene rings is 2. The molecule has 3 N–H and O–H groups in total. The minimum absolute atomic E-state index is 0.00568. The highest BCUT2D eigenvalue weighted by atomic mass is 35.5. The number of halogens is 4. The van der Waals surface area contributed by atoms with Crippen LogP contribution in [0.25, 0.3) is 22.4 Å². The SMILES string of the molecule is COC(=O)N[C@H](C(=O)N1CCCC1c1ncc(-c2ccc(-c3cc(Cl)c(NC(=O)c4ccc(N5CCN(C(=O)[C@H]6CC6(C)C)CC5C)nc4)cc3C(F)(F)F)cc2)[nH]1)C(C)C. The second-order valence-electron chi connectivity index (χ2n) is 17.1. The van der Waals surface area contributed by atoms with Gasteiger partial charge in [-0.05, 0) is 78.5 Å². The number of likely N-dealkylation sites (tertiary alicyclic amines) is 1. The lowest BCUT2D eigenvalue weighted by Gasteiger charge is -2.40. The van der Waals surface area contributed by atoms with Crippen molar-refractivity contribution in [2.45, 2.75) is 78.2 Å². The molecule has 0 radical (unpaired) electrons. The summed E-state index contributed by atoms with van der Waals surface area (Å²) in [4.78, 5) is 69.7. The normalized spacial score (nSPS) is 20.4. The van der Waals surface area contributed by atoms with Gasteiger partial charge in [-0.3, -0.25) is 14.4 Å². The maximum atomic E-state index is 14.6. The van der Waals surface area contributed by atoms with Gasteiger partial charge < -0.3 is 35.1 Å². The monoisotopic (exact) mass is 862 g/mol. The number of H-pyrrole nitrogens is 1. The van der Waals surface area contributed by atoms with Crippen LogP contribution >= 0.6 is 11.6 Å². The van der Waals surface area contributed by atoms with Crippen LogP contribution in [0, 0.1) is 17.3 Å². The van der Waals surface area contributed by atoms with E-state index in [1.807, 2.05) is 25.7 Å². The first-order chi connectivity index (χ1) is 28.9. The number of hydrogen-bond acceptors (Lipinski definition) is 8. The van der Waals surface area contributed by atoms with E-state index >= 15 is 0 Å². The van der Waals surface area contributed by atoms with Gasteiger partial charge in [0.2, 0.25) is 11.8 Å². The first-order valence-corrected chi connectivity index (χ1v) is 20.8. The van der Waals surface area contributed by atoms with Crippen LogP contribution in [0.1, 0.15) is 81.7 Å². The maximum absolute atomic E-state index is 14.6. The molecule has 3 fully saturated rings. The molecule has 61 heavy (non-hydrogen) atoms. The van der Waals surface area contributed by atoms with Crippen molar-refractivity contribution in [3.8, 4) is 22.4 Å². The molecule has 2 aromatic carbocycles. The smallest absolute Gasteiger partial charge is 0.417 e. The molecule has 7 rings (SSSR count). The van der Waals surface area contributed by atoms with E-state index in [9.17, 15) is 32.3 Å². The largest absolute Gasteiger partial charge is 0.453 e. The zero-order valence-electron chi connectivity index (χ0n) is 34.9. The fourth-order valence-corrected chi connectivity index (χ4v) is 8.52. The summed E-state index contributed by atoms with van der Waals surface area (Å²) in [5.74, 6) is 0.317. The topological polar surface area (TPSA) is 153 Å². The van der Waals surface area contributed by atoms with E-state index in [-0.39, 0.29) is 68.5 Å². The first-order valence-electron chi connectivity index (χ1n) is 20.4. The summed E-state index contributed by atoms with van der Waals surface area (Å²) in [5.41, 5.74) is 0.323. The Labute approximate surface area is 357 Å². The van der Waals surface area contributed by atoms with Gasteiger partial charge in [-0.25, -0.2) is 14.8 Å². The number of carbonyl (C=O) groups excluding carboxylic acids is 4. The predicted molar refractivity (Wildman–Crippen MR) is 225 cm³/mol.